The molecule has 0 saturated heterocycles. The standard InChI is InChI=1S/C9H15ClN4/c1-2-13-4-3-5-14-7(6-13)8(10)9(11)12-14/h2-6H2,1H3,(H2,11,12). The Morgan fingerprint density at radius 2 is 2.29 bits per heavy atom. The lowest BCUT2D eigenvalue weighted by Crippen LogP contribution is -2.22. The molecule has 0 spiro atoms. The lowest BCUT2D eigenvalue weighted by Gasteiger charge is -2.16. The summed E-state index contributed by atoms with van der Waals surface area (Å²) < 4.78 is 1.94. The van der Waals surface area contributed by atoms with Gasteiger partial charge in [-0.2, -0.15) is 5.10 Å². The minimum atomic E-state index is 0.458. The van der Waals surface area contributed by atoms with Crippen molar-refractivity contribution in [1.29, 1.82) is 0 Å². The van der Waals surface area contributed by atoms with Gasteiger partial charge in [-0.15, -0.1) is 0 Å². The van der Waals surface area contributed by atoms with E-state index in [2.05, 4.69) is 16.9 Å². The van der Waals surface area contributed by atoms with Gasteiger partial charge in [-0.3, -0.25) is 9.58 Å². The molecule has 0 bridgehead atoms. The molecule has 14 heavy (non-hydrogen) atoms. The van der Waals surface area contributed by atoms with Gasteiger partial charge in [0.15, 0.2) is 5.82 Å². The molecule has 78 valence electrons. The molecule has 1 aromatic rings. The van der Waals surface area contributed by atoms with E-state index in [0.29, 0.717) is 10.8 Å². The summed E-state index contributed by atoms with van der Waals surface area (Å²) in [4.78, 5) is 2.35. The highest BCUT2D eigenvalue weighted by Crippen LogP contribution is 2.25. The van der Waals surface area contributed by atoms with Crippen molar-refractivity contribution < 1.29 is 0 Å². The monoisotopic (exact) mass is 214 g/mol. The lowest BCUT2D eigenvalue weighted by molar-refractivity contribution is 0.285. The van der Waals surface area contributed by atoms with Crippen molar-refractivity contribution >= 4 is 17.4 Å². The lowest BCUT2D eigenvalue weighted by atomic mass is 10.3. The van der Waals surface area contributed by atoms with E-state index in [0.717, 1.165) is 38.3 Å². The van der Waals surface area contributed by atoms with Crippen LogP contribution in [0.3, 0.4) is 0 Å². The highest BCUT2D eigenvalue weighted by Gasteiger charge is 2.19. The Morgan fingerprint density at radius 3 is 3.00 bits per heavy atom. The average molecular weight is 215 g/mol. The maximum atomic E-state index is 6.09. The average Bonchev–Trinajstić information content (AvgIpc) is 2.41. The molecule has 2 rings (SSSR count). The summed E-state index contributed by atoms with van der Waals surface area (Å²) in [6.45, 7) is 6.09. The fourth-order valence-corrected chi connectivity index (χ4v) is 2.03. The number of nitrogens with zero attached hydrogens (tertiary/aromatic N) is 3. The Bertz CT molecular complexity index is 334. The van der Waals surface area contributed by atoms with Crippen molar-refractivity contribution in [3.8, 4) is 0 Å². The number of fused-ring (bicyclic) bond motifs is 1. The van der Waals surface area contributed by atoms with Crippen LogP contribution < -0.4 is 5.73 Å². The largest absolute Gasteiger partial charge is 0.381 e. The fourth-order valence-electron chi connectivity index (χ4n) is 1.84. The summed E-state index contributed by atoms with van der Waals surface area (Å²) in [6.07, 6.45) is 1.11. The van der Waals surface area contributed by atoms with Crippen LogP contribution in [-0.2, 0) is 13.1 Å². The van der Waals surface area contributed by atoms with Gasteiger partial charge in [0.1, 0.15) is 5.02 Å². The molecular formula is C9H15ClN4. The van der Waals surface area contributed by atoms with E-state index in [1.165, 1.54) is 0 Å². The third-order valence-corrected chi connectivity index (χ3v) is 3.09. The maximum absolute atomic E-state index is 6.09. The van der Waals surface area contributed by atoms with Gasteiger partial charge in [-0.05, 0) is 13.0 Å². The molecule has 2 N–H and O–H groups in total. The molecule has 0 atom stereocenters. The first-order chi connectivity index (χ1) is 6.72. The number of hydrogen-bond donors (Lipinski definition) is 1. The van der Waals surface area contributed by atoms with Gasteiger partial charge >= 0.3 is 0 Å². The Balaban J connectivity index is 2.32. The maximum Gasteiger partial charge on any atom is 0.164 e. The SMILES string of the molecule is CCN1CCCn2nc(N)c(Cl)c2C1. The molecule has 0 aliphatic carbocycles. The zero-order chi connectivity index (χ0) is 10.1. The first-order valence-corrected chi connectivity index (χ1v) is 5.33. The molecule has 2 heterocycles. The Kier molecular flexibility index (Phi) is 2.65. The molecule has 4 nitrogen and oxygen atoms in total. The van der Waals surface area contributed by atoms with Gasteiger partial charge in [-0.25, -0.2) is 0 Å². The van der Waals surface area contributed by atoms with Gasteiger partial charge in [0, 0.05) is 19.6 Å². The predicted octanol–water partition coefficient (Wildman–Crippen LogP) is 1.34. The second-order valence-electron chi connectivity index (χ2n) is 3.59. The molecule has 0 saturated carbocycles. The van der Waals surface area contributed by atoms with Crippen LogP contribution in [-0.4, -0.2) is 27.8 Å². The summed E-state index contributed by atoms with van der Waals surface area (Å²) in [6, 6.07) is 0. The van der Waals surface area contributed by atoms with Crippen molar-refractivity contribution in [3.63, 3.8) is 0 Å². The Hall–Kier alpha value is -0.740. The minimum Gasteiger partial charge on any atom is -0.381 e. The zero-order valence-electron chi connectivity index (χ0n) is 8.33. The van der Waals surface area contributed by atoms with E-state index in [-0.39, 0.29) is 0 Å². The van der Waals surface area contributed by atoms with Gasteiger partial charge in [0.25, 0.3) is 0 Å². The van der Waals surface area contributed by atoms with Crippen molar-refractivity contribution in [2.24, 2.45) is 0 Å². The molecule has 1 aromatic heterocycles. The van der Waals surface area contributed by atoms with E-state index in [1.54, 1.807) is 0 Å². The number of nitrogen functional groups attached to an aromatic ring is 1. The smallest absolute Gasteiger partial charge is 0.164 e. The van der Waals surface area contributed by atoms with Gasteiger partial charge in [-0.1, -0.05) is 18.5 Å². The summed E-state index contributed by atoms with van der Waals surface area (Å²) in [7, 11) is 0. The van der Waals surface area contributed by atoms with Crippen molar-refractivity contribution in [1.82, 2.24) is 14.7 Å². The number of aryl methyl sites for hydroxylation is 1. The molecule has 0 fully saturated rings. The number of hydrogen-bond acceptors (Lipinski definition) is 3. The van der Waals surface area contributed by atoms with Crippen LogP contribution in [0, 0.1) is 0 Å². The summed E-state index contributed by atoms with van der Waals surface area (Å²) >= 11 is 6.09. The molecule has 5 heteroatoms. The molecule has 0 aromatic carbocycles. The van der Waals surface area contributed by atoms with Gasteiger partial charge in [0.2, 0.25) is 0 Å². The number of aromatic nitrogens is 2. The third-order valence-electron chi connectivity index (χ3n) is 2.68. The molecule has 1 aliphatic rings. The number of halogens is 1. The number of nitrogens with two attached hydrogens (primary N) is 1. The molecule has 1 aliphatic heterocycles. The van der Waals surface area contributed by atoms with E-state index in [1.807, 2.05) is 4.68 Å². The first kappa shape index (κ1) is 9.80. The van der Waals surface area contributed by atoms with Crippen molar-refractivity contribution in [2.45, 2.75) is 26.4 Å². The Morgan fingerprint density at radius 1 is 1.50 bits per heavy atom. The molecular weight excluding hydrogens is 200 g/mol. The summed E-state index contributed by atoms with van der Waals surface area (Å²) in [5.74, 6) is 0.458. The zero-order valence-corrected chi connectivity index (χ0v) is 9.09. The van der Waals surface area contributed by atoms with Crippen LogP contribution in [0.5, 0.6) is 0 Å². The highest BCUT2D eigenvalue weighted by atomic mass is 35.5. The minimum absolute atomic E-state index is 0.458. The highest BCUT2D eigenvalue weighted by molar-refractivity contribution is 6.33. The van der Waals surface area contributed by atoms with Crippen LogP contribution >= 0.6 is 11.6 Å². The van der Waals surface area contributed by atoms with Crippen LogP contribution in [0.2, 0.25) is 5.02 Å². The van der Waals surface area contributed by atoms with Crippen LogP contribution in [0.25, 0.3) is 0 Å². The van der Waals surface area contributed by atoms with Crippen molar-refractivity contribution in [3.05, 3.63) is 10.7 Å². The van der Waals surface area contributed by atoms with Gasteiger partial charge in [0.05, 0.1) is 5.69 Å². The second kappa shape index (κ2) is 3.79. The van der Waals surface area contributed by atoms with Gasteiger partial charge < -0.3 is 5.73 Å². The fraction of sp³-hybridized carbons (Fsp3) is 0.667. The first-order valence-electron chi connectivity index (χ1n) is 4.95. The Labute approximate surface area is 88.6 Å². The topological polar surface area (TPSA) is 47.1 Å². The van der Waals surface area contributed by atoms with E-state index in [4.69, 9.17) is 17.3 Å². The molecule has 0 amide bonds. The predicted molar refractivity (Wildman–Crippen MR) is 57.2 cm³/mol. The molecule has 0 radical (unpaired) electrons. The quantitative estimate of drug-likeness (QED) is 0.768. The van der Waals surface area contributed by atoms with Crippen molar-refractivity contribution in [2.75, 3.05) is 18.8 Å². The summed E-state index contributed by atoms with van der Waals surface area (Å²) in [5.41, 5.74) is 6.73. The number of anilines is 1. The second-order valence-corrected chi connectivity index (χ2v) is 3.97. The number of rotatable bonds is 1. The van der Waals surface area contributed by atoms with Crippen LogP contribution in [0.4, 0.5) is 5.82 Å². The van der Waals surface area contributed by atoms with E-state index >= 15 is 0 Å². The van der Waals surface area contributed by atoms with Crippen LogP contribution in [0.15, 0.2) is 0 Å². The van der Waals surface area contributed by atoms with E-state index in [9.17, 15) is 0 Å². The summed E-state index contributed by atoms with van der Waals surface area (Å²) in [5, 5.41) is 4.85. The molecule has 0 unspecified atom stereocenters. The normalized spacial score (nSPS) is 17.9. The third kappa shape index (κ3) is 1.60. The van der Waals surface area contributed by atoms with Crippen LogP contribution in [0.1, 0.15) is 19.0 Å². The van der Waals surface area contributed by atoms with E-state index < -0.39 is 0 Å².